The molecule has 1 aromatic rings. The number of aryl methyl sites for hydroxylation is 1. The third-order valence-electron chi connectivity index (χ3n) is 4.69. The Labute approximate surface area is 154 Å². The van der Waals surface area contributed by atoms with Crippen molar-refractivity contribution >= 4 is 29.1 Å². The van der Waals surface area contributed by atoms with E-state index in [1.165, 1.54) is 13.3 Å². The minimum Gasteiger partial charge on any atom is -0.495 e. The predicted molar refractivity (Wildman–Crippen MR) is 100 cm³/mol. The minimum absolute atomic E-state index is 0.0995. The van der Waals surface area contributed by atoms with Crippen LogP contribution in [-0.4, -0.2) is 43.5 Å². The van der Waals surface area contributed by atoms with Gasteiger partial charge in [-0.05, 0) is 37.3 Å². The van der Waals surface area contributed by atoms with Crippen LogP contribution in [0.15, 0.2) is 12.1 Å². The molecule has 1 aromatic carbocycles. The van der Waals surface area contributed by atoms with E-state index in [4.69, 9.17) is 16.3 Å². The van der Waals surface area contributed by atoms with Crippen molar-refractivity contribution in [3.8, 4) is 5.75 Å². The van der Waals surface area contributed by atoms with Gasteiger partial charge in [-0.1, -0.05) is 18.5 Å². The SMILES string of the molecule is COc1cc(Cl)c(C)cc1N(CCC(=O)N1CCCC(C)C1)C(C)=O. The Morgan fingerprint density at radius 3 is 2.72 bits per heavy atom. The molecule has 1 fully saturated rings. The Bertz CT molecular complexity index is 648. The zero-order chi connectivity index (χ0) is 18.6. The number of carbonyl (C=O) groups excluding carboxylic acids is 2. The number of halogens is 1. The maximum atomic E-state index is 12.5. The van der Waals surface area contributed by atoms with Crippen LogP contribution in [0.3, 0.4) is 0 Å². The highest BCUT2D eigenvalue weighted by atomic mass is 35.5. The number of methoxy groups -OCH3 is 1. The van der Waals surface area contributed by atoms with Gasteiger partial charge in [0.05, 0.1) is 12.8 Å². The zero-order valence-electron chi connectivity index (χ0n) is 15.5. The van der Waals surface area contributed by atoms with Crippen molar-refractivity contribution in [1.82, 2.24) is 4.90 Å². The predicted octanol–water partition coefficient (Wildman–Crippen LogP) is 3.66. The molecule has 1 atom stereocenters. The molecule has 1 aliphatic heterocycles. The molecule has 0 aromatic heterocycles. The van der Waals surface area contributed by atoms with Crippen molar-refractivity contribution in [3.63, 3.8) is 0 Å². The molecule has 0 saturated carbocycles. The first-order valence-electron chi connectivity index (χ1n) is 8.73. The molecular formula is C19H27ClN2O3. The average Bonchev–Trinajstić information content (AvgIpc) is 2.57. The third-order valence-corrected chi connectivity index (χ3v) is 5.10. The standard InChI is InChI=1S/C19H27ClN2O3/c1-13-6-5-8-21(12-13)19(24)7-9-22(15(3)23)17-10-14(2)16(20)11-18(17)25-4/h10-11,13H,5-9,12H2,1-4H3. The van der Waals surface area contributed by atoms with Gasteiger partial charge in [-0.3, -0.25) is 9.59 Å². The molecule has 1 heterocycles. The summed E-state index contributed by atoms with van der Waals surface area (Å²) in [7, 11) is 1.54. The van der Waals surface area contributed by atoms with Crippen LogP contribution in [0.1, 0.15) is 38.7 Å². The van der Waals surface area contributed by atoms with Gasteiger partial charge in [-0.25, -0.2) is 0 Å². The summed E-state index contributed by atoms with van der Waals surface area (Å²) in [6.07, 6.45) is 2.52. The number of likely N-dealkylation sites (tertiary alicyclic amines) is 1. The smallest absolute Gasteiger partial charge is 0.224 e. The molecule has 0 N–H and O–H groups in total. The third kappa shape index (κ3) is 4.88. The van der Waals surface area contributed by atoms with E-state index in [9.17, 15) is 9.59 Å². The minimum atomic E-state index is -0.125. The number of rotatable bonds is 5. The van der Waals surface area contributed by atoms with E-state index in [1.54, 1.807) is 18.1 Å². The Hall–Kier alpha value is -1.75. The van der Waals surface area contributed by atoms with E-state index in [2.05, 4.69) is 6.92 Å². The summed E-state index contributed by atoms with van der Waals surface area (Å²) < 4.78 is 5.38. The largest absolute Gasteiger partial charge is 0.495 e. The summed E-state index contributed by atoms with van der Waals surface area (Å²) in [5, 5.41) is 0.586. The first-order valence-corrected chi connectivity index (χ1v) is 9.11. The Morgan fingerprint density at radius 1 is 1.40 bits per heavy atom. The molecule has 2 amide bonds. The number of amides is 2. The molecule has 1 unspecified atom stereocenters. The van der Waals surface area contributed by atoms with Gasteiger partial charge in [-0.2, -0.15) is 0 Å². The van der Waals surface area contributed by atoms with E-state index in [1.807, 2.05) is 17.9 Å². The van der Waals surface area contributed by atoms with Crippen LogP contribution in [0.2, 0.25) is 5.02 Å². The fraction of sp³-hybridized carbons (Fsp3) is 0.579. The van der Waals surface area contributed by atoms with Gasteiger partial charge in [0.25, 0.3) is 0 Å². The lowest BCUT2D eigenvalue weighted by molar-refractivity contribution is -0.132. The maximum Gasteiger partial charge on any atom is 0.224 e. The molecule has 2 rings (SSSR count). The van der Waals surface area contributed by atoms with Gasteiger partial charge in [0, 0.05) is 44.1 Å². The first kappa shape index (κ1) is 19.6. The first-order chi connectivity index (χ1) is 11.8. The Balaban J connectivity index is 2.13. The monoisotopic (exact) mass is 366 g/mol. The maximum absolute atomic E-state index is 12.5. The number of hydrogen-bond acceptors (Lipinski definition) is 3. The molecule has 1 aliphatic rings. The van der Waals surface area contributed by atoms with Crippen molar-refractivity contribution < 1.29 is 14.3 Å². The van der Waals surface area contributed by atoms with Crippen molar-refractivity contribution in [1.29, 1.82) is 0 Å². The van der Waals surface area contributed by atoms with Gasteiger partial charge in [0.15, 0.2) is 0 Å². The fourth-order valence-corrected chi connectivity index (χ4v) is 3.41. The van der Waals surface area contributed by atoms with Gasteiger partial charge in [0.1, 0.15) is 5.75 Å². The van der Waals surface area contributed by atoms with E-state index in [0.717, 1.165) is 25.1 Å². The van der Waals surface area contributed by atoms with E-state index >= 15 is 0 Å². The van der Waals surface area contributed by atoms with Gasteiger partial charge in [0.2, 0.25) is 11.8 Å². The zero-order valence-corrected chi connectivity index (χ0v) is 16.2. The Kier molecular flexibility index (Phi) is 6.71. The van der Waals surface area contributed by atoms with Crippen LogP contribution in [0.25, 0.3) is 0 Å². The summed E-state index contributed by atoms with van der Waals surface area (Å²) in [5.41, 5.74) is 1.51. The van der Waals surface area contributed by atoms with Crippen LogP contribution in [0, 0.1) is 12.8 Å². The molecule has 0 aliphatic carbocycles. The highest BCUT2D eigenvalue weighted by molar-refractivity contribution is 6.31. The number of piperidine rings is 1. The lowest BCUT2D eigenvalue weighted by Gasteiger charge is -2.32. The number of benzene rings is 1. The topological polar surface area (TPSA) is 49.9 Å². The van der Waals surface area contributed by atoms with Crippen LogP contribution in [-0.2, 0) is 9.59 Å². The van der Waals surface area contributed by atoms with E-state index in [0.29, 0.717) is 35.3 Å². The molecular weight excluding hydrogens is 340 g/mol. The normalized spacial score (nSPS) is 17.3. The second-order valence-corrected chi connectivity index (χ2v) is 7.19. The van der Waals surface area contributed by atoms with Crippen molar-refractivity contribution in [2.45, 2.75) is 40.0 Å². The number of ether oxygens (including phenoxy) is 1. The molecule has 5 nitrogen and oxygen atoms in total. The van der Waals surface area contributed by atoms with Gasteiger partial charge < -0.3 is 14.5 Å². The van der Waals surface area contributed by atoms with Crippen LogP contribution < -0.4 is 9.64 Å². The number of nitrogens with zero attached hydrogens (tertiary/aromatic N) is 2. The van der Waals surface area contributed by atoms with Crippen LogP contribution >= 0.6 is 11.6 Å². The highest BCUT2D eigenvalue weighted by Gasteiger charge is 2.23. The summed E-state index contributed by atoms with van der Waals surface area (Å²) in [5.74, 6) is 1.05. The number of carbonyl (C=O) groups is 2. The van der Waals surface area contributed by atoms with Crippen LogP contribution in [0.4, 0.5) is 5.69 Å². The summed E-state index contributed by atoms with van der Waals surface area (Å²) >= 11 is 6.15. The van der Waals surface area contributed by atoms with Crippen molar-refractivity contribution in [2.75, 3.05) is 31.6 Å². The lowest BCUT2D eigenvalue weighted by atomic mass is 10.00. The van der Waals surface area contributed by atoms with Crippen molar-refractivity contribution in [3.05, 3.63) is 22.7 Å². The highest BCUT2D eigenvalue weighted by Crippen LogP contribution is 2.34. The summed E-state index contributed by atoms with van der Waals surface area (Å²) in [6, 6.07) is 3.53. The molecule has 6 heteroatoms. The summed E-state index contributed by atoms with van der Waals surface area (Å²) in [4.78, 5) is 28.2. The van der Waals surface area contributed by atoms with Crippen LogP contribution in [0.5, 0.6) is 5.75 Å². The van der Waals surface area contributed by atoms with E-state index < -0.39 is 0 Å². The second kappa shape index (κ2) is 8.56. The van der Waals surface area contributed by atoms with Gasteiger partial charge >= 0.3 is 0 Å². The fourth-order valence-electron chi connectivity index (χ4n) is 3.25. The van der Waals surface area contributed by atoms with Gasteiger partial charge in [-0.15, -0.1) is 0 Å². The lowest BCUT2D eigenvalue weighted by Crippen LogP contribution is -2.41. The Morgan fingerprint density at radius 2 is 2.12 bits per heavy atom. The second-order valence-electron chi connectivity index (χ2n) is 6.78. The molecule has 0 bridgehead atoms. The molecule has 25 heavy (non-hydrogen) atoms. The molecule has 0 radical (unpaired) electrons. The molecule has 138 valence electrons. The quantitative estimate of drug-likeness (QED) is 0.799. The number of hydrogen-bond donors (Lipinski definition) is 0. The number of anilines is 1. The molecule has 0 spiro atoms. The average molecular weight is 367 g/mol. The summed E-state index contributed by atoms with van der Waals surface area (Å²) in [6.45, 7) is 7.49. The van der Waals surface area contributed by atoms with E-state index in [-0.39, 0.29) is 11.8 Å². The van der Waals surface area contributed by atoms with Crippen molar-refractivity contribution in [2.24, 2.45) is 5.92 Å². The molecule has 1 saturated heterocycles.